The lowest BCUT2D eigenvalue weighted by atomic mass is 10.0. The standard InChI is InChI=1S/C19H22ClN3O/c1-13(2)16-6-4-15(5-7-16)11-22-23-19(24)12-21-18-9-8-17(20)10-14(18)3/h4-11,13,21H,12H2,1-3H3,(H,23,24). The maximum atomic E-state index is 11.8. The summed E-state index contributed by atoms with van der Waals surface area (Å²) >= 11 is 5.91. The Bertz CT molecular complexity index is 724. The Morgan fingerprint density at radius 3 is 2.54 bits per heavy atom. The minimum Gasteiger partial charge on any atom is -0.376 e. The number of aryl methyl sites for hydroxylation is 1. The summed E-state index contributed by atoms with van der Waals surface area (Å²) in [6, 6.07) is 13.6. The molecule has 0 saturated carbocycles. The van der Waals surface area contributed by atoms with Gasteiger partial charge in [-0.05, 0) is 47.7 Å². The predicted molar refractivity (Wildman–Crippen MR) is 101 cm³/mol. The van der Waals surface area contributed by atoms with Gasteiger partial charge < -0.3 is 5.32 Å². The second kappa shape index (κ2) is 8.50. The summed E-state index contributed by atoms with van der Waals surface area (Å²) in [7, 11) is 0. The number of hydrazone groups is 1. The van der Waals surface area contributed by atoms with Crippen molar-refractivity contribution >= 4 is 29.4 Å². The molecule has 0 atom stereocenters. The number of anilines is 1. The molecular formula is C19H22ClN3O. The Labute approximate surface area is 147 Å². The van der Waals surface area contributed by atoms with Gasteiger partial charge in [-0.15, -0.1) is 0 Å². The van der Waals surface area contributed by atoms with Crippen LogP contribution in [0, 0.1) is 6.92 Å². The molecule has 0 bridgehead atoms. The third-order valence-electron chi connectivity index (χ3n) is 3.63. The van der Waals surface area contributed by atoms with E-state index >= 15 is 0 Å². The number of carbonyl (C=O) groups excluding carboxylic acids is 1. The summed E-state index contributed by atoms with van der Waals surface area (Å²) < 4.78 is 0. The number of carbonyl (C=O) groups is 1. The Morgan fingerprint density at radius 1 is 1.21 bits per heavy atom. The van der Waals surface area contributed by atoms with Crippen LogP contribution < -0.4 is 10.7 Å². The average Bonchev–Trinajstić information content (AvgIpc) is 2.54. The van der Waals surface area contributed by atoms with Crippen molar-refractivity contribution < 1.29 is 4.79 Å². The van der Waals surface area contributed by atoms with Gasteiger partial charge in [0.15, 0.2) is 0 Å². The number of rotatable bonds is 6. The van der Waals surface area contributed by atoms with Crippen LogP contribution in [-0.2, 0) is 4.79 Å². The van der Waals surface area contributed by atoms with Crippen LogP contribution in [-0.4, -0.2) is 18.7 Å². The van der Waals surface area contributed by atoms with Gasteiger partial charge in [-0.25, -0.2) is 5.43 Å². The van der Waals surface area contributed by atoms with Crippen LogP contribution in [0.15, 0.2) is 47.6 Å². The molecule has 0 spiro atoms. The quantitative estimate of drug-likeness (QED) is 0.605. The van der Waals surface area contributed by atoms with Crippen LogP contribution >= 0.6 is 11.6 Å². The zero-order valence-electron chi connectivity index (χ0n) is 14.1. The van der Waals surface area contributed by atoms with Crippen LogP contribution in [0.4, 0.5) is 5.69 Å². The second-order valence-electron chi connectivity index (χ2n) is 5.93. The van der Waals surface area contributed by atoms with E-state index in [1.54, 1.807) is 12.3 Å². The first-order chi connectivity index (χ1) is 11.5. The van der Waals surface area contributed by atoms with Gasteiger partial charge in [-0.2, -0.15) is 5.10 Å². The van der Waals surface area contributed by atoms with Crippen molar-refractivity contribution in [2.75, 3.05) is 11.9 Å². The molecule has 2 rings (SSSR count). The van der Waals surface area contributed by atoms with E-state index in [1.165, 1.54) is 5.56 Å². The zero-order chi connectivity index (χ0) is 17.5. The Hall–Kier alpha value is -2.33. The summed E-state index contributed by atoms with van der Waals surface area (Å²) in [6.07, 6.45) is 1.63. The van der Waals surface area contributed by atoms with Gasteiger partial charge >= 0.3 is 0 Å². The SMILES string of the molecule is Cc1cc(Cl)ccc1NCC(=O)NN=Cc1ccc(C(C)C)cc1. The van der Waals surface area contributed by atoms with E-state index in [0.29, 0.717) is 10.9 Å². The number of benzene rings is 2. The minimum atomic E-state index is -0.209. The molecule has 0 heterocycles. The largest absolute Gasteiger partial charge is 0.376 e. The van der Waals surface area contributed by atoms with E-state index in [2.05, 4.69) is 41.8 Å². The van der Waals surface area contributed by atoms with Crippen molar-refractivity contribution in [3.63, 3.8) is 0 Å². The molecule has 0 aliphatic carbocycles. The van der Waals surface area contributed by atoms with E-state index in [1.807, 2.05) is 31.2 Å². The van der Waals surface area contributed by atoms with Crippen molar-refractivity contribution in [2.45, 2.75) is 26.7 Å². The molecule has 0 fully saturated rings. The fourth-order valence-corrected chi connectivity index (χ4v) is 2.41. The summed E-state index contributed by atoms with van der Waals surface area (Å²) in [5, 5.41) is 7.72. The molecule has 4 nitrogen and oxygen atoms in total. The van der Waals surface area contributed by atoms with E-state index in [4.69, 9.17) is 11.6 Å². The zero-order valence-corrected chi connectivity index (χ0v) is 14.9. The molecule has 0 unspecified atom stereocenters. The lowest BCUT2D eigenvalue weighted by molar-refractivity contribution is -0.119. The highest BCUT2D eigenvalue weighted by molar-refractivity contribution is 6.30. The maximum Gasteiger partial charge on any atom is 0.259 e. The van der Waals surface area contributed by atoms with E-state index in [-0.39, 0.29) is 12.5 Å². The minimum absolute atomic E-state index is 0.145. The van der Waals surface area contributed by atoms with Gasteiger partial charge in [0.2, 0.25) is 0 Å². The van der Waals surface area contributed by atoms with E-state index in [0.717, 1.165) is 16.8 Å². The molecule has 0 saturated heterocycles. The van der Waals surface area contributed by atoms with E-state index in [9.17, 15) is 4.79 Å². The van der Waals surface area contributed by atoms with Gasteiger partial charge in [-0.3, -0.25) is 4.79 Å². The summed E-state index contributed by atoms with van der Waals surface area (Å²) in [5.41, 5.74) is 6.60. The molecule has 5 heteroatoms. The molecule has 0 aliphatic rings. The highest BCUT2D eigenvalue weighted by atomic mass is 35.5. The van der Waals surface area contributed by atoms with Gasteiger partial charge in [0.1, 0.15) is 0 Å². The highest BCUT2D eigenvalue weighted by Gasteiger charge is 2.02. The van der Waals surface area contributed by atoms with Crippen LogP contribution in [0.25, 0.3) is 0 Å². The normalized spacial score (nSPS) is 11.0. The van der Waals surface area contributed by atoms with Gasteiger partial charge in [0, 0.05) is 10.7 Å². The molecule has 0 radical (unpaired) electrons. The van der Waals surface area contributed by atoms with Crippen molar-refractivity contribution in [1.29, 1.82) is 0 Å². The molecule has 1 amide bonds. The van der Waals surface area contributed by atoms with Crippen molar-refractivity contribution in [2.24, 2.45) is 5.10 Å². The fraction of sp³-hybridized carbons (Fsp3) is 0.263. The third kappa shape index (κ3) is 5.39. The molecule has 126 valence electrons. The Morgan fingerprint density at radius 2 is 1.92 bits per heavy atom. The van der Waals surface area contributed by atoms with Crippen LogP contribution in [0.2, 0.25) is 5.02 Å². The number of nitrogens with one attached hydrogen (secondary N) is 2. The topological polar surface area (TPSA) is 53.5 Å². The Kier molecular flexibility index (Phi) is 6.38. The average molecular weight is 344 g/mol. The first-order valence-electron chi connectivity index (χ1n) is 7.87. The number of hydrogen-bond donors (Lipinski definition) is 2. The smallest absolute Gasteiger partial charge is 0.259 e. The fourth-order valence-electron chi connectivity index (χ4n) is 2.19. The van der Waals surface area contributed by atoms with Crippen molar-refractivity contribution in [3.05, 3.63) is 64.2 Å². The first-order valence-corrected chi connectivity index (χ1v) is 8.25. The molecule has 2 aromatic carbocycles. The lowest BCUT2D eigenvalue weighted by Gasteiger charge is -2.08. The monoisotopic (exact) mass is 343 g/mol. The van der Waals surface area contributed by atoms with Crippen molar-refractivity contribution in [1.82, 2.24) is 5.43 Å². The van der Waals surface area contributed by atoms with Gasteiger partial charge in [-0.1, -0.05) is 49.7 Å². The lowest BCUT2D eigenvalue weighted by Crippen LogP contribution is -2.26. The number of hydrogen-bond acceptors (Lipinski definition) is 3. The second-order valence-corrected chi connectivity index (χ2v) is 6.36. The molecular weight excluding hydrogens is 322 g/mol. The molecule has 0 aromatic heterocycles. The Balaban J connectivity index is 1.82. The van der Waals surface area contributed by atoms with Crippen LogP contribution in [0.5, 0.6) is 0 Å². The van der Waals surface area contributed by atoms with Crippen LogP contribution in [0.3, 0.4) is 0 Å². The summed E-state index contributed by atoms with van der Waals surface area (Å²) in [4.78, 5) is 11.8. The molecule has 0 aliphatic heterocycles. The number of halogens is 1. The number of amides is 1. The first kappa shape index (κ1) is 18.0. The van der Waals surface area contributed by atoms with Gasteiger partial charge in [0.25, 0.3) is 5.91 Å². The third-order valence-corrected chi connectivity index (χ3v) is 3.87. The maximum absolute atomic E-state index is 11.8. The number of nitrogens with zero attached hydrogens (tertiary/aromatic N) is 1. The molecule has 2 N–H and O–H groups in total. The highest BCUT2D eigenvalue weighted by Crippen LogP contribution is 2.19. The van der Waals surface area contributed by atoms with Crippen molar-refractivity contribution in [3.8, 4) is 0 Å². The predicted octanol–water partition coefficient (Wildman–Crippen LogP) is 4.33. The summed E-state index contributed by atoms with van der Waals surface area (Å²) in [6.45, 7) is 6.38. The van der Waals surface area contributed by atoms with Gasteiger partial charge in [0.05, 0.1) is 12.8 Å². The molecule has 2 aromatic rings. The molecule has 24 heavy (non-hydrogen) atoms. The van der Waals surface area contributed by atoms with E-state index < -0.39 is 0 Å². The summed E-state index contributed by atoms with van der Waals surface area (Å²) in [5.74, 6) is 0.289. The van der Waals surface area contributed by atoms with Crippen LogP contribution in [0.1, 0.15) is 36.5 Å².